The summed E-state index contributed by atoms with van der Waals surface area (Å²) in [5.74, 6) is 0. The van der Waals surface area contributed by atoms with E-state index in [-0.39, 0.29) is 0 Å². The summed E-state index contributed by atoms with van der Waals surface area (Å²) in [6.45, 7) is 0. The van der Waals surface area contributed by atoms with Crippen molar-refractivity contribution in [2.24, 2.45) is 0 Å². The molecule has 0 bridgehead atoms. The predicted octanol–water partition coefficient (Wildman–Crippen LogP) is 14.6. The van der Waals surface area contributed by atoms with Gasteiger partial charge in [0.2, 0.25) is 0 Å². The highest BCUT2D eigenvalue weighted by atomic mass is 16.4. The fourth-order valence-electron chi connectivity index (χ4n) is 8.90. The first-order chi connectivity index (χ1) is 25.8. The Hall–Kier alpha value is -6.90. The minimum absolute atomic E-state index is 0.794. The van der Waals surface area contributed by atoms with Crippen LogP contribution in [-0.2, 0) is 0 Å². The Morgan fingerprint density at radius 2 is 0.827 bits per heavy atom. The molecule has 240 valence electrons. The molecule has 10 aromatic carbocycles. The number of rotatable bonds is 2. The largest absolute Gasteiger partial charge is 0.452 e. The van der Waals surface area contributed by atoms with Gasteiger partial charge in [-0.1, -0.05) is 127 Å². The molecule has 12 rings (SSSR count). The van der Waals surface area contributed by atoms with Crippen LogP contribution in [0.3, 0.4) is 0 Å². The Morgan fingerprint density at radius 3 is 1.56 bits per heavy atom. The lowest BCUT2D eigenvalue weighted by molar-refractivity contribution is 0.633. The molecule has 0 unspecified atom stereocenters. The van der Waals surface area contributed by atoms with Crippen molar-refractivity contribution < 1.29 is 8.83 Å². The van der Waals surface area contributed by atoms with Crippen LogP contribution in [-0.4, -0.2) is 0 Å². The maximum absolute atomic E-state index is 6.54. The van der Waals surface area contributed by atoms with E-state index in [1.54, 1.807) is 0 Å². The summed E-state index contributed by atoms with van der Waals surface area (Å²) in [6, 6.07) is 61.7. The van der Waals surface area contributed by atoms with Gasteiger partial charge >= 0.3 is 0 Å². The van der Waals surface area contributed by atoms with E-state index in [9.17, 15) is 0 Å². The van der Waals surface area contributed by atoms with E-state index < -0.39 is 0 Å². The van der Waals surface area contributed by atoms with Crippen LogP contribution in [0.15, 0.2) is 179 Å². The van der Waals surface area contributed by atoms with E-state index in [1.807, 2.05) is 12.1 Å². The number of hydrogen-bond acceptors (Lipinski definition) is 2. The summed E-state index contributed by atoms with van der Waals surface area (Å²) < 4.78 is 12.9. The molecule has 0 aliphatic rings. The van der Waals surface area contributed by atoms with Crippen LogP contribution < -0.4 is 0 Å². The Labute approximate surface area is 297 Å². The van der Waals surface area contributed by atoms with Crippen LogP contribution in [0.25, 0.3) is 120 Å². The van der Waals surface area contributed by atoms with Gasteiger partial charge in [0.05, 0.1) is 0 Å². The lowest BCUT2D eigenvalue weighted by Gasteiger charge is -2.19. The van der Waals surface area contributed by atoms with Crippen molar-refractivity contribution in [1.82, 2.24) is 0 Å². The van der Waals surface area contributed by atoms with E-state index >= 15 is 0 Å². The highest BCUT2D eigenvalue weighted by molar-refractivity contribution is 6.26. The molecule has 52 heavy (non-hydrogen) atoms. The van der Waals surface area contributed by atoms with Gasteiger partial charge in [0.1, 0.15) is 11.2 Å². The van der Waals surface area contributed by atoms with Gasteiger partial charge in [0.15, 0.2) is 11.2 Å². The van der Waals surface area contributed by atoms with E-state index in [0.29, 0.717) is 0 Å². The number of hydrogen-bond donors (Lipinski definition) is 0. The quantitative estimate of drug-likeness (QED) is 0.136. The number of para-hydroxylation sites is 1. The smallest absolute Gasteiger partial charge is 0.178 e. The minimum atomic E-state index is 0.794. The summed E-state index contributed by atoms with van der Waals surface area (Å²) in [5.41, 5.74) is 8.23. The van der Waals surface area contributed by atoms with Crippen molar-refractivity contribution in [2.75, 3.05) is 0 Å². The van der Waals surface area contributed by atoms with Crippen LogP contribution in [0.2, 0.25) is 0 Å². The van der Waals surface area contributed by atoms with Crippen LogP contribution in [0, 0.1) is 0 Å². The maximum Gasteiger partial charge on any atom is 0.178 e. The maximum atomic E-state index is 6.54. The summed E-state index contributed by atoms with van der Waals surface area (Å²) in [7, 11) is 0. The molecule has 0 saturated heterocycles. The minimum Gasteiger partial charge on any atom is -0.452 e. The zero-order valence-corrected chi connectivity index (χ0v) is 28.0. The molecule has 2 heterocycles. The molecule has 0 aliphatic carbocycles. The SMILES string of the molecule is c1ccc2cc3c(ccc4c(-c5c6ccccc6c(-c6ccc7oc8c(ccc9c%10ccccc%10oc98)c7c6)c6ccccc56)cccc43)cc2c1. The van der Waals surface area contributed by atoms with Crippen LogP contribution >= 0.6 is 0 Å². The Kier molecular flexibility index (Phi) is 5.53. The molecule has 0 N–H and O–H groups in total. The molecular weight excluding hydrogens is 633 g/mol. The van der Waals surface area contributed by atoms with E-state index in [0.717, 1.165) is 49.4 Å². The lowest BCUT2D eigenvalue weighted by atomic mass is 9.84. The van der Waals surface area contributed by atoms with E-state index in [4.69, 9.17) is 8.83 Å². The molecule has 0 spiro atoms. The number of furan rings is 2. The lowest BCUT2D eigenvalue weighted by Crippen LogP contribution is -1.92. The summed E-state index contributed by atoms with van der Waals surface area (Å²) in [4.78, 5) is 0. The molecule has 2 heteroatoms. The standard InChI is InChI=1S/C50H28O2/c1-2-11-30-27-43-31(26-29(30)10-1)20-22-34-33(43)17-9-18-36(34)48-39-15-5-3-13-37(39)47(38-14-4-6-16-40(38)48)32-21-25-46-44(28-32)42-24-23-41-35-12-7-8-19-45(35)51-49(41)50(42)52-46/h1-28H. The van der Waals surface area contributed by atoms with Crippen molar-refractivity contribution in [1.29, 1.82) is 0 Å². The molecule has 2 aromatic heterocycles. The zero-order chi connectivity index (χ0) is 33.9. The first-order valence-electron chi connectivity index (χ1n) is 17.8. The third-order valence-electron chi connectivity index (χ3n) is 11.2. The second-order valence-electron chi connectivity index (χ2n) is 14.0. The first kappa shape index (κ1) is 27.9. The topological polar surface area (TPSA) is 26.3 Å². The summed E-state index contributed by atoms with van der Waals surface area (Å²) >= 11 is 0. The molecule has 0 amide bonds. The summed E-state index contributed by atoms with van der Waals surface area (Å²) in [6.07, 6.45) is 0. The van der Waals surface area contributed by atoms with Gasteiger partial charge in [-0.2, -0.15) is 0 Å². The van der Waals surface area contributed by atoms with Gasteiger partial charge < -0.3 is 8.83 Å². The van der Waals surface area contributed by atoms with Crippen molar-refractivity contribution >= 4 is 97.7 Å². The van der Waals surface area contributed by atoms with Gasteiger partial charge in [-0.05, 0) is 119 Å². The average molecular weight is 661 g/mol. The van der Waals surface area contributed by atoms with Crippen LogP contribution in [0.1, 0.15) is 0 Å². The molecule has 0 saturated carbocycles. The second-order valence-corrected chi connectivity index (χ2v) is 14.0. The van der Waals surface area contributed by atoms with Gasteiger partial charge in [-0.15, -0.1) is 0 Å². The van der Waals surface area contributed by atoms with Gasteiger partial charge in [0, 0.05) is 21.5 Å². The molecule has 0 radical (unpaired) electrons. The average Bonchev–Trinajstić information content (AvgIpc) is 3.77. The van der Waals surface area contributed by atoms with Crippen molar-refractivity contribution in [3.8, 4) is 22.3 Å². The van der Waals surface area contributed by atoms with Gasteiger partial charge in [-0.25, -0.2) is 0 Å². The fourth-order valence-corrected chi connectivity index (χ4v) is 8.90. The normalized spacial score (nSPS) is 12.2. The van der Waals surface area contributed by atoms with Crippen molar-refractivity contribution in [3.05, 3.63) is 170 Å². The molecular formula is C50H28O2. The Balaban J connectivity index is 1.13. The molecule has 2 nitrogen and oxygen atoms in total. The molecule has 0 fully saturated rings. The highest BCUT2D eigenvalue weighted by Crippen LogP contribution is 2.47. The predicted molar refractivity (Wildman–Crippen MR) is 219 cm³/mol. The monoisotopic (exact) mass is 660 g/mol. The van der Waals surface area contributed by atoms with Gasteiger partial charge in [-0.3, -0.25) is 0 Å². The van der Waals surface area contributed by atoms with Crippen molar-refractivity contribution in [3.63, 3.8) is 0 Å². The third kappa shape index (κ3) is 3.78. The van der Waals surface area contributed by atoms with Gasteiger partial charge in [0.25, 0.3) is 0 Å². The zero-order valence-electron chi connectivity index (χ0n) is 28.0. The number of fused-ring (bicyclic) bond motifs is 13. The van der Waals surface area contributed by atoms with E-state index in [2.05, 4.69) is 158 Å². The Bertz CT molecular complexity index is 3410. The van der Waals surface area contributed by atoms with Crippen LogP contribution in [0.4, 0.5) is 0 Å². The molecule has 0 aliphatic heterocycles. The highest BCUT2D eigenvalue weighted by Gasteiger charge is 2.21. The third-order valence-corrected chi connectivity index (χ3v) is 11.2. The number of benzene rings is 10. The molecule has 12 aromatic rings. The van der Waals surface area contributed by atoms with Crippen molar-refractivity contribution in [2.45, 2.75) is 0 Å². The van der Waals surface area contributed by atoms with Crippen LogP contribution in [0.5, 0.6) is 0 Å². The summed E-state index contributed by atoms with van der Waals surface area (Å²) in [5, 5.41) is 16.9. The van der Waals surface area contributed by atoms with E-state index in [1.165, 1.54) is 70.6 Å². The first-order valence-corrected chi connectivity index (χ1v) is 17.8. The Morgan fingerprint density at radius 1 is 0.269 bits per heavy atom. The molecule has 0 atom stereocenters. The fraction of sp³-hybridized carbons (Fsp3) is 0. The second kappa shape index (κ2) is 10.3.